The molecule has 0 aliphatic heterocycles. The van der Waals surface area contributed by atoms with Crippen LogP contribution in [0.4, 0.5) is 0 Å². The maximum absolute atomic E-state index is 2.43. The van der Waals surface area contributed by atoms with Gasteiger partial charge in [-0.2, -0.15) is 0 Å². The van der Waals surface area contributed by atoms with Gasteiger partial charge in [-0.15, -0.1) is 0 Å². The third-order valence-corrected chi connectivity index (χ3v) is 4.36. The first kappa shape index (κ1) is 19.7. The zero-order valence-electron chi connectivity index (χ0n) is 14.7. The molecule has 20 heavy (non-hydrogen) atoms. The Kier molecular flexibility index (Phi) is 16.6. The van der Waals surface area contributed by atoms with Gasteiger partial charge in [0, 0.05) is 0 Å². The van der Waals surface area contributed by atoms with E-state index in [0.717, 1.165) is 0 Å². The standard InChI is InChI=1S/C20H40/c1-4-6-7-8-9-10-11-12-13-14-15-16-17-18-19-20(3)5-2/h19H,4-18H2,1-3H3. The molecule has 0 aromatic rings. The van der Waals surface area contributed by atoms with Crippen molar-refractivity contribution in [2.24, 2.45) is 0 Å². The molecule has 0 unspecified atom stereocenters. The molecule has 120 valence electrons. The summed E-state index contributed by atoms with van der Waals surface area (Å²) in [6.45, 7) is 6.79. The number of allylic oxidation sites excluding steroid dienone is 2. The van der Waals surface area contributed by atoms with E-state index in [-0.39, 0.29) is 0 Å². The van der Waals surface area contributed by atoms with Crippen molar-refractivity contribution in [3.8, 4) is 0 Å². The maximum Gasteiger partial charge on any atom is -0.0348 e. The fourth-order valence-electron chi connectivity index (χ4n) is 2.65. The van der Waals surface area contributed by atoms with Crippen LogP contribution in [-0.4, -0.2) is 0 Å². The Bertz CT molecular complexity index is 202. The van der Waals surface area contributed by atoms with Gasteiger partial charge in [0.2, 0.25) is 0 Å². The van der Waals surface area contributed by atoms with Gasteiger partial charge in [0.05, 0.1) is 0 Å². The van der Waals surface area contributed by atoms with Gasteiger partial charge >= 0.3 is 0 Å². The summed E-state index contributed by atoms with van der Waals surface area (Å²) in [6, 6.07) is 0. The van der Waals surface area contributed by atoms with Crippen LogP contribution < -0.4 is 0 Å². The maximum atomic E-state index is 2.43. The van der Waals surface area contributed by atoms with Crippen molar-refractivity contribution in [2.75, 3.05) is 0 Å². The third-order valence-electron chi connectivity index (χ3n) is 4.36. The lowest BCUT2D eigenvalue weighted by molar-refractivity contribution is 0.540. The predicted octanol–water partition coefficient (Wildman–Crippen LogP) is 7.82. The zero-order chi connectivity index (χ0) is 14.9. The number of hydrogen-bond donors (Lipinski definition) is 0. The molecule has 0 aromatic heterocycles. The van der Waals surface area contributed by atoms with Crippen LogP contribution in [0.25, 0.3) is 0 Å². The highest BCUT2D eigenvalue weighted by molar-refractivity contribution is 4.96. The molecule has 0 nitrogen and oxygen atoms in total. The minimum absolute atomic E-state index is 1.22. The fourth-order valence-corrected chi connectivity index (χ4v) is 2.65. The number of rotatable bonds is 15. The van der Waals surface area contributed by atoms with Crippen molar-refractivity contribution in [1.29, 1.82) is 0 Å². The highest BCUT2D eigenvalue weighted by Gasteiger charge is 1.93. The lowest BCUT2D eigenvalue weighted by atomic mass is 10.0. The minimum Gasteiger partial charge on any atom is -0.0856 e. The molecule has 0 N–H and O–H groups in total. The average molecular weight is 281 g/mol. The first-order chi connectivity index (χ1) is 9.81. The highest BCUT2D eigenvalue weighted by atomic mass is 14.0. The van der Waals surface area contributed by atoms with Crippen LogP contribution in [0.2, 0.25) is 0 Å². The Morgan fingerprint density at radius 2 is 1.00 bits per heavy atom. The van der Waals surface area contributed by atoms with E-state index >= 15 is 0 Å². The quantitative estimate of drug-likeness (QED) is 0.212. The molecular formula is C20H40. The SMILES string of the molecule is CCCCCCCCCCCCCCCC=C(C)CC. The summed E-state index contributed by atoms with van der Waals surface area (Å²) in [5.74, 6) is 0. The first-order valence-corrected chi connectivity index (χ1v) is 9.46. The Balaban J connectivity index is 3.03. The van der Waals surface area contributed by atoms with Crippen molar-refractivity contribution >= 4 is 0 Å². The van der Waals surface area contributed by atoms with E-state index in [1.807, 2.05) is 0 Å². The third kappa shape index (κ3) is 15.8. The lowest BCUT2D eigenvalue weighted by Crippen LogP contribution is -1.83. The molecule has 0 saturated heterocycles. The van der Waals surface area contributed by atoms with E-state index in [4.69, 9.17) is 0 Å². The molecule has 0 aliphatic rings. The second-order valence-corrected chi connectivity index (χ2v) is 6.44. The van der Waals surface area contributed by atoms with E-state index in [0.29, 0.717) is 0 Å². The highest BCUT2D eigenvalue weighted by Crippen LogP contribution is 2.13. The molecule has 0 amide bonds. The van der Waals surface area contributed by atoms with E-state index < -0.39 is 0 Å². The average Bonchev–Trinajstić information content (AvgIpc) is 2.47. The molecule has 0 heterocycles. The normalized spacial score (nSPS) is 12.1. The van der Waals surface area contributed by atoms with Crippen LogP contribution >= 0.6 is 0 Å². The first-order valence-electron chi connectivity index (χ1n) is 9.46. The molecule has 0 aliphatic carbocycles. The van der Waals surface area contributed by atoms with E-state index in [9.17, 15) is 0 Å². The topological polar surface area (TPSA) is 0 Å². The van der Waals surface area contributed by atoms with Gasteiger partial charge in [0.1, 0.15) is 0 Å². The van der Waals surface area contributed by atoms with Crippen LogP contribution in [0.15, 0.2) is 11.6 Å². The number of unbranched alkanes of at least 4 members (excludes halogenated alkanes) is 13. The minimum atomic E-state index is 1.22. The van der Waals surface area contributed by atoms with E-state index in [2.05, 4.69) is 26.8 Å². The Labute approximate surface area is 129 Å². The van der Waals surface area contributed by atoms with Crippen LogP contribution in [0.1, 0.15) is 117 Å². The summed E-state index contributed by atoms with van der Waals surface area (Å²) < 4.78 is 0. The summed E-state index contributed by atoms with van der Waals surface area (Å²) in [5, 5.41) is 0. The smallest absolute Gasteiger partial charge is 0.0348 e. The molecule has 0 bridgehead atoms. The van der Waals surface area contributed by atoms with Crippen LogP contribution in [0, 0.1) is 0 Å². The summed E-state index contributed by atoms with van der Waals surface area (Å²) in [7, 11) is 0. The second kappa shape index (κ2) is 16.8. The van der Waals surface area contributed by atoms with Crippen LogP contribution in [0.3, 0.4) is 0 Å². The molecule has 0 atom stereocenters. The number of hydrogen-bond acceptors (Lipinski definition) is 0. The van der Waals surface area contributed by atoms with Gasteiger partial charge in [0.25, 0.3) is 0 Å². The molecular weight excluding hydrogens is 240 g/mol. The van der Waals surface area contributed by atoms with Gasteiger partial charge in [-0.1, -0.05) is 103 Å². The summed E-state index contributed by atoms with van der Waals surface area (Å²) in [6.07, 6.45) is 23.8. The molecule has 0 spiro atoms. The molecule has 0 rings (SSSR count). The van der Waals surface area contributed by atoms with Gasteiger partial charge in [-0.25, -0.2) is 0 Å². The zero-order valence-corrected chi connectivity index (χ0v) is 14.7. The predicted molar refractivity (Wildman–Crippen MR) is 94.4 cm³/mol. The van der Waals surface area contributed by atoms with Crippen LogP contribution in [-0.2, 0) is 0 Å². The van der Waals surface area contributed by atoms with Crippen molar-refractivity contribution in [3.05, 3.63) is 11.6 Å². The van der Waals surface area contributed by atoms with Crippen molar-refractivity contribution in [2.45, 2.75) is 117 Å². The monoisotopic (exact) mass is 280 g/mol. The van der Waals surface area contributed by atoms with Crippen molar-refractivity contribution in [3.63, 3.8) is 0 Å². The van der Waals surface area contributed by atoms with Gasteiger partial charge in [-0.05, 0) is 26.2 Å². The second-order valence-electron chi connectivity index (χ2n) is 6.44. The summed E-state index contributed by atoms with van der Waals surface area (Å²) in [5.41, 5.74) is 1.56. The summed E-state index contributed by atoms with van der Waals surface area (Å²) in [4.78, 5) is 0. The Morgan fingerprint density at radius 3 is 1.40 bits per heavy atom. The molecule has 0 saturated carbocycles. The van der Waals surface area contributed by atoms with E-state index in [1.165, 1.54) is 96.3 Å². The van der Waals surface area contributed by atoms with Crippen LogP contribution in [0.5, 0.6) is 0 Å². The van der Waals surface area contributed by atoms with Gasteiger partial charge in [-0.3, -0.25) is 0 Å². The van der Waals surface area contributed by atoms with Gasteiger partial charge in [0.15, 0.2) is 0 Å². The van der Waals surface area contributed by atoms with Gasteiger partial charge < -0.3 is 0 Å². The molecule has 0 aromatic carbocycles. The largest absolute Gasteiger partial charge is 0.0856 e. The molecule has 0 radical (unpaired) electrons. The Morgan fingerprint density at radius 1 is 0.600 bits per heavy atom. The molecule has 0 heteroatoms. The molecule has 0 fully saturated rings. The Hall–Kier alpha value is -0.260. The van der Waals surface area contributed by atoms with E-state index in [1.54, 1.807) is 5.57 Å². The summed E-state index contributed by atoms with van der Waals surface area (Å²) >= 11 is 0. The lowest BCUT2D eigenvalue weighted by Gasteiger charge is -2.02. The van der Waals surface area contributed by atoms with Crippen molar-refractivity contribution < 1.29 is 0 Å². The fraction of sp³-hybridized carbons (Fsp3) is 0.900. The van der Waals surface area contributed by atoms with Crippen molar-refractivity contribution in [1.82, 2.24) is 0 Å².